The molecule has 2 rings (SSSR count). The second-order valence-corrected chi connectivity index (χ2v) is 5.60. The van der Waals surface area contributed by atoms with Gasteiger partial charge < -0.3 is 0 Å². The molecular formula is C15H16N4O4. The lowest BCUT2D eigenvalue weighted by molar-refractivity contribution is -0.171. The van der Waals surface area contributed by atoms with E-state index in [9.17, 15) is 19.2 Å². The van der Waals surface area contributed by atoms with Crippen LogP contribution in [-0.4, -0.2) is 46.5 Å². The number of piperidine rings is 2. The fraction of sp³-hybridized carbons (Fsp3) is 0.600. The van der Waals surface area contributed by atoms with Gasteiger partial charge in [0.25, 0.3) is 0 Å². The van der Waals surface area contributed by atoms with Crippen molar-refractivity contribution < 1.29 is 19.2 Å². The smallest absolute Gasteiger partial charge is 0.244 e. The van der Waals surface area contributed by atoms with Crippen LogP contribution in [0, 0.1) is 28.1 Å². The number of nitrogens with zero attached hydrogens (tertiary/aromatic N) is 4. The van der Waals surface area contributed by atoms with Crippen molar-refractivity contribution in [3.05, 3.63) is 0 Å². The zero-order chi connectivity index (χ0) is 17.0. The zero-order valence-corrected chi connectivity index (χ0v) is 12.6. The Morgan fingerprint density at radius 2 is 1.22 bits per heavy atom. The second kappa shape index (κ2) is 6.57. The van der Waals surface area contributed by atoms with Crippen molar-refractivity contribution in [2.75, 3.05) is 13.1 Å². The quantitative estimate of drug-likeness (QED) is 0.535. The fourth-order valence-corrected chi connectivity index (χ4v) is 3.07. The van der Waals surface area contributed by atoms with Crippen LogP contribution in [0.5, 0.6) is 0 Å². The average molecular weight is 316 g/mol. The molecule has 2 heterocycles. The molecule has 8 nitrogen and oxygen atoms in total. The van der Waals surface area contributed by atoms with Crippen molar-refractivity contribution in [2.45, 2.75) is 38.5 Å². The van der Waals surface area contributed by atoms with Crippen LogP contribution >= 0.6 is 0 Å². The summed E-state index contributed by atoms with van der Waals surface area (Å²) >= 11 is 0. The summed E-state index contributed by atoms with van der Waals surface area (Å²) < 4.78 is 0. The molecule has 0 aromatic heterocycles. The summed E-state index contributed by atoms with van der Waals surface area (Å²) in [5.74, 6) is -2.04. The van der Waals surface area contributed by atoms with E-state index >= 15 is 0 Å². The molecule has 2 aliphatic rings. The van der Waals surface area contributed by atoms with Crippen LogP contribution in [0.4, 0.5) is 0 Å². The third-order valence-electron chi connectivity index (χ3n) is 4.34. The van der Waals surface area contributed by atoms with Crippen molar-refractivity contribution in [3.63, 3.8) is 0 Å². The fourth-order valence-electron chi connectivity index (χ4n) is 3.07. The first kappa shape index (κ1) is 16.6. The summed E-state index contributed by atoms with van der Waals surface area (Å²) in [5, 5.41) is 17.3. The molecule has 1 spiro atoms. The molecule has 0 atom stereocenters. The molecule has 0 unspecified atom stereocenters. The Bertz CT molecular complexity index is 587. The van der Waals surface area contributed by atoms with Gasteiger partial charge in [0, 0.05) is 25.9 Å². The van der Waals surface area contributed by atoms with E-state index in [2.05, 4.69) is 0 Å². The Morgan fingerprint density at radius 3 is 1.57 bits per heavy atom. The monoisotopic (exact) mass is 316 g/mol. The Hall–Kier alpha value is -2.74. The van der Waals surface area contributed by atoms with E-state index in [-0.39, 0.29) is 51.6 Å². The van der Waals surface area contributed by atoms with Gasteiger partial charge in [-0.1, -0.05) is 0 Å². The highest BCUT2D eigenvalue weighted by Gasteiger charge is 2.56. The second-order valence-electron chi connectivity index (χ2n) is 5.60. The molecule has 0 radical (unpaired) electrons. The molecule has 0 saturated carbocycles. The maximum Gasteiger partial charge on any atom is 0.244 e. The molecule has 0 aliphatic carbocycles. The van der Waals surface area contributed by atoms with Crippen molar-refractivity contribution in [3.8, 4) is 12.1 Å². The first-order valence-electron chi connectivity index (χ1n) is 7.41. The van der Waals surface area contributed by atoms with E-state index < -0.39 is 29.0 Å². The van der Waals surface area contributed by atoms with Gasteiger partial charge in [-0.2, -0.15) is 10.5 Å². The van der Waals surface area contributed by atoms with Crippen LogP contribution in [0.3, 0.4) is 0 Å². The number of carbonyl (C=O) groups is 4. The van der Waals surface area contributed by atoms with Crippen molar-refractivity contribution >= 4 is 23.6 Å². The number of likely N-dealkylation sites (tertiary alicyclic amines) is 2. The molecule has 2 fully saturated rings. The number of carbonyl (C=O) groups excluding carboxylic acids is 4. The molecule has 0 N–H and O–H groups in total. The normalized spacial score (nSPS) is 20.6. The van der Waals surface area contributed by atoms with E-state index in [1.54, 1.807) is 0 Å². The predicted octanol–water partition coefficient (Wildman–Crippen LogP) is 0.0982. The van der Waals surface area contributed by atoms with Crippen LogP contribution in [0.1, 0.15) is 38.5 Å². The Labute approximate surface area is 133 Å². The topological polar surface area (TPSA) is 122 Å². The van der Waals surface area contributed by atoms with Crippen molar-refractivity contribution in [2.24, 2.45) is 5.41 Å². The van der Waals surface area contributed by atoms with Gasteiger partial charge in [-0.25, -0.2) is 0 Å². The first-order chi connectivity index (χ1) is 11.0. The summed E-state index contributed by atoms with van der Waals surface area (Å²) in [4.78, 5) is 51.2. The van der Waals surface area contributed by atoms with Crippen molar-refractivity contribution in [1.82, 2.24) is 9.80 Å². The summed E-state index contributed by atoms with van der Waals surface area (Å²) in [6.45, 7) is -0.0926. The van der Waals surface area contributed by atoms with Gasteiger partial charge >= 0.3 is 0 Å². The van der Waals surface area contributed by atoms with Gasteiger partial charge in [0.15, 0.2) is 0 Å². The SMILES string of the molecule is N#CCCN1C(=O)CCC2(CCC(=O)N(CCC#N)C2=O)C1=O. The molecule has 23 heavy (non-hydrogen) atoms. The largest absolute Gasteiger partial charge is 0.281 e. The third-order valence-corrected chi connectivity index (χ3v) is 4.34. The van der Waals surface area contributed by atoms with Crippen LogP contribution in [0.2, 0.25) is 0 Å². The highest BCUT2D eigenvalue weighted by molar-refractivity contribution is 6.16. The molecule has 0 aromatic carbocycles. The minimum absolute atomic E-state index is 0.00116. The van der Waals surface area contributed by atoms with Gasteiger partial charge in [0.2, 0.25) is 23.6 Å². The molecule has 2 aliphatic heterocycles. The number of hydrogen-bond acceptors (Lipinski definition) is 6. The van der Waals surface area contributed by atoms with Crippen molar-refractivity contribution in [1.29, 1.82) is 10.5 Å². The van der Waals surface area contributed by atoms with Gasteiger partial charge in [-0.15, -0.1) is 0 Å². The molecule has 0 bridgehead atoms. The van der Waals surface area contributed by atoms with E-state index in [1.165, 1.54) is 0 Å². The Balaban J connectivity index is 2.29. The minimum atomic E-state index is -1.41. The first-order valence-corrected chi connectivity index (χ1v) is 7.41. The molecule has 120 valence electrons. The zero-order valence-electron chi connectivity index (χ0n) is 12.6. The van der Waals surface area contributed by atoms with Crippen LogP contribution < -0.4 is 0 Å². The molecule has 0 aromatic rings. The standard InChI is InChI=1S/C15H16N4O4/c16-7-1-9-18-11(20)3-5-15(13(18)22)6-4-12(21)19(14(15)23)10-2-8-17/h1-6,9-10H2. The average Bonchev–Trinajstić information content (AvgIpc) is 2.54. The van der Waals surface area contributed by atoms with Crippen LogP contribution in [0.25, 0.3) is 0 Å². The van der Waals surface area contributed by atoms with E-state index in [4.69, 9.17) is 10.5 Å². The van der Waals surface area contributed by atoms with Gasteiger partial charge in [0.05, 0.1) is 25.0 Å². The lowest BCUT2D eigenvalue weighted by atomic mass is 9.71. The molecule has 4 amide bonds. The van der Waals surface area contributed by atoms with Gasteiger partial charge in [-0.3, -0.25) is 29.0 Å². The van der Waals surface area contributed by atoms with Crippen LogP contribution in [-0.2, 0) is 19.2 Å². The maximum absolute atomic E-state index is 12.7. The summed E-state index contributed by atoms with van der Waals surface area (Å²) in [6.07, 6.45) is 0.204. The maximum atomic E-state index is 12.7. The minimum Gasteiger partial charge on any atom is -0.281 e. The summed E-state index contributed by atoms with van der Waals surface area (Å²) in [7, 11) is 0. The Kier molecular flexibility index (Phi) is 4.75. The Morgan fingerprint density at radius 1 is 0.826 bits per heavy atom. The van der Waals surface area contributed by atoms with E-state index in [0.29, 0.717) is 0 Å². The van der Waals surface area contributed by atoms with Crippen LogP contribution in [0.15, 0.2) is 0 Å². The number of imide groups is 2. The summed E-state index contributed by atoms with van der Waals surface area (Å²) in [5.41, 5.74) is -1.41. The highest BCUT2D eigenvalue weighted by Crippen LogP contribution is 2.41. The molecule has 8 heteroatoms. The lowest BCUT2D eigenvalue weighted by Crippen LogP contribution is -2.62. The number of amides is 4. The van der Waals surface area contributed by atoms with Gasteiger partial charge in [0.1, 0.15) is 5.41 Å². The number of rotatable bonds is 4. The van der Waals surface area contributed by atoms with E-state index in [1.807, 2.05) is 12.1 Å². The van der Waals surface area contributed by atoms with Gasteiger partial charge in [-0.05, 0) is 12.8 Å². The number of nitriles is 2. The lowest BCUT2D eigenvalue weighted by Gasteiger charge is -2.44. The molecular weight excluding hydrogens is 300 g/mol. The van der Waals surface area contributed by atoms with E-state index in [0.717, 1.165) is 9.80 Å². The summed E-state index contributed by atoms with van der Waals surface area (Å²) in [6, 6.07) is 3.74. The highest BCUT2D eigenvalue weighted by atomic mass is 16.2. The third kappa shape index (κ3) is 2.80. The predicted molar refractivity (Wildman–Crippen MR) is 74.8 cm³/mol. The number of hydrogen-bond donors (Lipinski definition) is 0. The molecule has 2 saturated heterocycles.